The number of phenolic OH excluding ortho intramolecular Hbond substituents is 1. The molecular weight excluding hydrogens is 261 g/mol. The predicted octanol–water partition coefficient (Wildman–Crippen LogP) is 3.93. The Balaban J connectivity index is 2.59. The van der Waals surface area contributed by atoms with Gasteiger partial charge in [0, 0.05) is 19.3 Å². The van der Waals surface area contributed by atoms with Gasteiger partial charge in [-0.05, 0) is 32.4 Å². The maximum atomic E-state index is 9.41. The van der Waals surface area contributed by atoms with Crippen LogP contribution in [0.1, 0.15) is 20.3 Å². The number of methoxy groups -OCH3 is 1. The topological polar surface area (TPSA) is 41.5 Å². The number of hydrogen-bond acceptors (Lipinski definition) is 3. The molecular formula is C12H17Cl2NO2. The molecule has 0 amide bonds. The first-order valence-electron chi connectivity index (χ1n) is 5.33. The molecule has 0 aliphatic carbocycles. The third-order valence-electron chi connectivity index (χ3n) is 2.63. The summed E-state index contributed by atoms with van der Waals surface area (Å²) in [6, 6.07) is 3.28. The summed E-state index contributed by atoms with van der Waals surface area (Å²) >= 11 is 11.6. The van der Waals surface area contributed by atoms with Gasteiger partial charge in [0.1, 0.15) is 0 Å². The van der Waals surface area contributed by atoms with Crippen LogP contribution in [0, 0.1) is 0 Å². The largest absolute Gasteiger partial charge is 0.505 e. The molecule has 0 fully saturated rings. The summed E-state index contributed by atoms with van der Waals surface area (Å²) in [7, 11) is 1.69. The van der Waals surface area contributed by atoms with Crippen molar-refractivity contribution in [2.75, 3.05) is 19.0 Å². The summed E-state index contributed by atoms with van der Waals surface area (Å²) < 4.78 is 5.31. The normalized spacial score (nSPS) is 11.6. The highest BCUT2D eigenvalue weighted by Gasteiger charge is 2.15. The molecule has 0 spiro atoms. The van der Waals surface area contributed by atoms with Crippen LogP contribution in [0.15, 0.2) is 12.1 Å². The van der Waals surface area contributed by atoms with E-state index < -0.39 is 0 Å². The summed E-state index contributed by atoms with van der Waals surface area (Å²) in [5.74, 6) is -0.0869. The maximum Gasteiger partial charge on any atom is 0.152 e. The van der Waals surface area contributed by atoms with E-state index in [1.807, 2.05) is 13.8 Å². The van der Waals surface area contributed by atoms with Crippen molar-refractivity contribution in [2.45, 2.75) is 25.9 Å². The fourth-order valence-electron chi connectivity index (χ4n) is 1.28. The summed E-state index contributed by atoms with van der Waals surface area (Å²) in [5, 5.41) is 13.1. The van der Waals surface area contributed by atoms with Gasteiger partial charge in [-0.2, -0.15) is 0 Å². The lowest BCUT2D eigenvalue weighted by Crippen LogP contribution is -2.25. The van der Waals surface area contributed by atoms with Crippen LogP contribution in [0.2, 0.25) is 10.0 Å². The second-order valence-electron chi connectivity index (χ2n) is 4.43. The van der Waals surface area contributed by atoms with E-state index in [9.17, 15) is 5.11 Å². The van der Waals surface area contributed by atoms with E-state index in [0.717, 1.165) is 18.7 Å². The van der Waals surface area contributed by atoms with Crippen molar-refractivity contribution in [1.29, 1.82) is 0 Å². The Hall–Kier alpha value is -0.640. The highest BCUT2D eigenvalue weighted by atomic mass is 35.5. The van der Waals surface area contributed by atoms with Crippen LogP contribution in [0.4, 0.5) is 5.69 Å². The van der Waals surface area contributed by atoms with Crippen molar-refractivity contribution < 1.29 is 9.84 Å². The smallest absolute Gasteiger partial charge is 0.152 e. The maximum absolute atomic E-state index is 9.41. The SMILES string of the molecule is COC(C)(C)CCNc1cc(Cl)c(O)c(Cl)c1. The highest BCUT2D eigenvalue weighted by Crippen LogP contribution is 2.34. The fraction of sp³-hybridized carbons (Fsp3) is 0.500. The van der Waals surface area contributed by atoms with Gasteiger partial charge in [-0.1, -0.05) is 23.2 Å². The zero-order valence-electron chi connectivity index (χ0n) is 10.2. The molecule has 0 atom stereocenters. The number of ether oxygens (including phenoxy) is 1. The van der Waals surface area contributed by atoms with Crippen LogP contribution < -0.4 is 5.32 Å². The minimum atomic E-state index is -0.169. The summed E-state index contributed by atoms with van der Waals surface area (Å²) in [5.41, 5.74) is 0.613. The molecule has 0 aliphatic rings. The third kappa shape index (κ3) is 4.26. The zero-order chi connectivity index (χ0) is 13.1. The van der Waals surface area contributed by atoms with Crippen LogP contribution in [0.3, 0.4) is 0 Å². The van der Waals surface area contributed by atoms with Crippen molar-refractivity contribution in [3.63, 3.8) is 0 Å². The first-order chi connectivity index (χ1) is 7.85. The van der Waals surface area contributed by atoms with Crippen LogP contribution in [-0.4, -0.2) is 24.4 Å². The van der Waals surface area contributed by atoms with E-state index in [2.05, 4.69) is 5.32 Å². The Morgan fingerprint density at radius 1 is 1.29 bits per heavy atom. The zero-order valence-corrected chi connectivity index (χ0v) is 11.7. The second-order valence-corrected chi connectivity index (χ2v) is 5.24. The Bertz CT molecular complexity index is 371. The number of halogens is 2. The van der Waals surface area contributed by atoms with Crippen LogP contribution in [-0.2, 0) is 4.74 Å². The highest BCUT2D eigenvalue weighted by molar-refractivity contribution is 6.37. The van der Waals surface area contributed by atoms with Gasteiger partial charge < -0.3 is 15.2 Å². The number of aromatic hydroxyl groups is 1. The molecule has 3 nitrogen and oxygen atoms in total. The predicted molar refractivity (Wildman–Crippen MR) is 72.3 cm³/mol. The summed E-state index contributed by atoms with van der Waals surface area (Å²) in [4.78, 5) is 0. The molecule has 0 radical (unpaired) electrons. The van der Waals surface area contributed by atoms with Gasteiger partial charge in [0.05, 0.1) is 15.6 Å². The Morgan fingerprint density at radius 2 is 1.82 bits per heavy atom. The molecule has 1 aromatic carbocycles. The van der Waals surface area contributed by atoms with Crippen LogP contribution in [0.25, 0.3) is 0 Å². The van der Waals surface area contributed by atoms with Crippen LogP contribution in [0.5, 0.6) is 5.75 Å². The van der Waals surface area contributed by atoms with Crippen molar-refractivity contribution in [2.24, 2.45) is 0 Å². The van der Waals surface area contributed by atoms with Gasteiger partial charge in [-0.3, -0.25) is 0 Å². The monoisotopic (exact) mass is 277 g/mol. The van der Waals surface area contributed by atoms with E-state index in [-0.39, 0.29) is 21.4 Å². The lowest BCUT2D eigenvalue weighted by atomic mass is 10.1. The van der Waals surface area contributed by atoms with Crippen molar-refractivity contribution in [3.05, 3.63) is 22.2 Å². The van der Waals surface area contributed by atoms with Gasteiger partial charge in [0.2, 0.25) is 0 Å². The number of rotatable bonds is 5. The lowest BCUT2D eigenvalue weighted by Gasteiger charge is -2.23. The average Bonchev–Trinajstić information content (AvgIpc) is 2.25. The number of nitrogens with one attached hydrogen (secondary N) is 1. The molecule has 2 N–H and O–H groups in total. The van der Waals surface area contributed by atoms with Crippen molar-refractivity contribution >= 4 is 28.9 Å². The van der Waals surface area contributed by atoms with E-state index in [1.165, 1.54) is 0 Å². The fourth-order valence-corrected chi connectivity index (χ4v) is 1.76. The number of benzene rings is 1. The molecule has 0 saturated heterocycles. The van der Waals surface area contributed by atoms with Crippen molar-refractivity contribution in [1.82, 2.24) is 0 Å². The Labute approximate surface area is 112 Å². The minimum absolute atomic E-state index is 0.0869. The van der Waals surface area contributed by atoms with E-state index in [4.69, 9.17) is 27.9 Å². The molecule has 5 heteroatoms. The molecule has 0 saturated carbocycles. The standard InChI is InChI=1S/C12H17Cl2NO2/c1-12(2,17-3)4-5-15-8-6-9(13)11(16)10(14)7-8/h6-7,15-16H,4-5H2,1-3H3. The third-order valence-corrected chi connectivity index (χ3v) is 3.20. The van der Waals surface area contributed by atoms with Gasteiger partial charge in [0.25, 0.3) is 0 Å². The second kappa shape index (κ2) is 5.80. The average molecular weight is 278 g/mol. The van der Waals surface area contributed by atoms with Crippen LogP contribution >= 0.6 is 23.2 Å². The molecule has 96 valence electrons. The molecule has 1 aromatic rings. The van der Waals surface area contributed by atoms with Gasteiger partial charge in [-0.15, -0.1) is 0 Å². The minimum Gasteiger partial charge on any atom is -0.505 e. The van der Waals surface area contributed by atoms with E-state index in [0.29, 0.717) is 0 Å². The van der Waals surface area contributed by atoms with Gasteiger partial charge in [0.15, 0.2) is 5.75 Å². The number of anilines is 1. The van der Waals surface area contributed by atoms with Gasteiger partial charge in [-0.25, -0.2) is 0 Å². The molecule has 0 unspecified atom stereocenters. The quantitative estimate of drug-likeness (QED) is 0.802. The summed E-state index contributed by atoms with van der Waals surface area (Å²) in [6.45, 7) is 4.77. The molecule has 17 heavy (non-hydrogen) atoms. The van der Waals surface area contributed by atoms with Gasteiger partial charge >= 0.3 is 0 Å². The Morgan fingerprint density at radius 3 is 2.29 bits per heavy atom. The Kier molecular flexibility index (Phi) is 4.92. The van der Waals surface area contributed by atoms with E-state index in [1.54, 1.807) is 19.2 Å². The first kappa shape index (κ1) is 14.4. The first-order valence-corrected chi connectivity index (χ1v) is 6.08. The molecule has 0 aliphatic heterocycles. The molecule has 1 rings (SSSR count). The number of hydrogen-bond donors (Lipinski definition) is 2. The van der Waals surface area contributed by atoms with Crippen molar-refractivity contribution in [3.8, 4) is 5.75 Å². The summed E-state index contributed by atoms with van der Waals surface area (Å²) in [6.07, 6.45) is 0.847. The van der Waals surface area contributed by atoms with E-state index >= 15 is 0 Å². The lowest BCUT2D eigenvalue weighted by molar-refractivity contribution is 0.0185. The molecule has 0 bridgehead atoms. The molecule has 0 heterocycles. The number of phenols is 1. The molecule has 0 aromatic heterocycles.